The molecule has 1 N–H and O–H groups in total. The molecule has 0 aromatic heterocycles. The van der Waals surface area contributed by atoms with Crippen molar-refractivity contribution in [2.75, 3.05) is 11.9 Å². The summed E-state index contributed by atoms with van der Waals surface area (Å²) in [5.41, 5.74) is 0.774. The molecule has 0 saturated carbocycles. The van der Waals surface area contributed by atoms with Crippen LogP contribution in [0.3, 0.4) is 0 Å². The van der Waals surface area contributed by atoms with Crippen LogP contribution in [0.15, 0.2) is 18.2 Å². The first-order valence-corrected chi connectivity index (χ1v) is 6.61. The third-order valence-electron chi connectivity index (χ3n) is 2.65. The zero-order valence-corrected chi connectivity index (χ0v) is 12.0. The van der Waals surface area contributed by atoms with E-state index in [1.54, 1.807) is 12.1 Å². The molecule has 1 atom stereocenters. The van der Waals surface area contributed by atoms with E-state index in [1.165, 1.54) is 6.07 Å². The van der Waals surface area contributed by atoms with E-state index in [0.29, 0.717) is 18.3 Å². The quantitative estimate of drug-likeness (QED) is 0.601. The molecule has 5 nitrogen and oxygen atoms in total. The number of benzene rings is 1. The molecule has 1 aromatic carbocycles. The monoisotopic (exact) mass is 266 g/mol. The lowest BCUT2D eigenvalue weighted by atomic mass is 10.1. The zero-order valence-electron chi connectivity index (χ0n) is 12.0. The molecule has 0 fully saturated rings. The topological polar surface area (TPSA) is 64.4 Å². The van der Waals surface area contributed by atoms with Gasteiger partial charge in [0.1, 0.15) is 5.75 Å². The Labute approximate surface area is 114 Å². The fourth-order valence-electron chi connectivity index (χ4n) is 2.07. The summed E-state index contributed by atoms with van der Waals surface area (Å²) < 4.78 is 5.36. The maximum Gasteiger partial charge on any atom is 0.275 e. The molecule has 0 aliphatic heterocycles. The van der Waals surface area contributed by atoms with Crippen LogP contribution >= 0.6 is 0 Å². The molecule has 19 heavy (non-hydrogen) atoms. The van der Waals surface area contributed by atoms with Gasteiger partial charge in [-0.15, -0.1) is 0 Å². The Hall–Kier alpha value is -1.78. The highest BCUT2D eigenvalue weighted by Gasteiger charge is 2.12. The molecular formula is C14H22N2O3. The predicted molar refractivity (Wildman–Crippen MR) is 76.8 cm³/mol. The third kappa shape index (κ3) is 5.16. The van der Waals surface area contributed by atoms with Crippen LogP contribution in [0.1, 0.15) is 34.1 Å². The fraction of sp³-hybridized carbons (Fsp3) is 0.571. The van der Waals surface area contributed by atoms with Crippen LogP contribution in [0.5, 0.6) is 5.75 Å². The SMILES string of the molecule is CCOc1cc(NC(C)CC(C)C)cc([N+](=O)[O-])c1. The van der Waals surface area contributed by atoms with Gasteiger partial charge in [0, 0.05) is 23.9 Å². The van der Waals surface area contributed by atoms with Crippen molar-refractivity contribution < 1.29 is 9.66 Å². The van der Waals surface area contributed by atoms with Gasteiger partial charge in [-0.3, -0.25) is 10.1 Å². The van der Waals surface area contributed by atoms with Gasteiger partial charge >= 0.3 is 0 Å². The molecule has 5 heteroatoms. The molecule has 0 spiro atoms. The van der Waals surface area contributed by atoms with Crippen molar-refractivity contribution in [1.29, 1.82) is 0 Å². The fourth-order valence-corrected chi connectivity index (χ4v) is 2.07. The van der Waals surface area contributed by atoms with Crippen molar-refractivity contribution >= 4 is 11.4 Å². The van der Waals surface area contributed by atoms with Gasteiger partial charge in [0.2, 0.25) is 0 Å². The summed E-state index contributed by atoms with van der Waals surface area (Å²) >= 11 is 0. The van der Waals surface area contributed by atoms with Gasteiger partial charge in [-0.1, -0.05) is 13.8 Å². The predicted octanol–water partition coefficient (Wildman–Crippen LogP) is 3.84. The second-order valence-electron chi connectivity index (χ2n) is 5.08. The molecule has 0 heterocycles. The lowest BCUT2D eigenvalue weighted by molar-refractivity contribution is -0.384. The van der Waals surface area contributed by atoms with E-state index in [9.17, 15) is 10.1 Å². The van der Waals surface area contributed by atoms with Crippen molar-refractivity contribution in [3.8, 4) is 5.75 Å². The summed E-state index contributed by atoms with van der Waals surface area (Å²) in [6, 6.07) is 5.05. The molecule has 1 unspecified atom stereocenters. The number of anilines is 1. The number of non-ortho nitro benzene ring substituents is 1. The van der Waals surface area contributed by atoms with Crippen LogP contribution < -0.4 is 10.1 Å². The third-order valence-corrected chi connectivity index (χ3v) is 2.65. The highest BCUT2D eigenvalue weighted by molar-refractivity contribution is 5.56. The smallest absolute Gasteiger partial charge is 0.275 e. The van der Waals surface area contributed by atoms with E-state index in [4.69, 9.17) is 4.74 Å². The minimum Gasteiger partial charge on any atom is -0.494 e. The Morgan fingerprint density at radius 2 is 2.00 bits per heavy atom. The molecule has 0 saturated heterocycles. The van der Waals surface area contributed by atoms with E-state index in [0.717, 1.165) is 12.1 Å². The molecule has 1 rings (SSSR count). The number of nitrogens with zero attached hydrogens (tertiary/aromatic N) is 1. The van der Waals surface area contributed by atoms with Crippen molar-refractivity contribution in [1.82, 2.24) is 0 Å². The lowest BCUT2D eigenvalue weighted by Gasteiger charge is -2.17. The summed E-state index contributed by atoms with van der Waals surface area (Å²) in [4.78, 5) is 10.5. The van der Waals surface area contributed by atoms with Gasteiger partial charge in [0.05, 0.1) is 17.6 Å². The number of nitro groups is 1. The van der Waals surface area contributed by atoms with E-state index >= 15 is 0 Å². The molecule has 0 aliphatic rings. The summed E-state index contributed by atoms with van der Waals surface area (Å²) in [6.45, 7) is 8.71. The van der Waals surface area contributed by atoms with Crippen LogP contribution in [-0.2, 0) is 0 Å². The van der Waals surface area contributed by atoms with Crippen molar-refractivity contribution in [2.45, 2.75) is 40.2 Å². The summed E-state index contributed by atoms with van der Waals surface area (Å²) in [6.07, 6.45) is 1.01. The lowest BCUT2D eigenvalue weighted by Crippen LogP contribution is -2.17. The van der Waals surface area contributed by atoms with Crippen LogP contribution in [0.25, 0.3) is 0 Å². The van der Waals surface area contributed by atoms with Gasteiger partial charge in [0.25, 0.3) is 5.69 Å². The van der Waals surface area contributed by atoms with E-state index in [-0.39, 0.29) is 11.7 Å². The Balaban J connectivity index is 2.89. The largest absolute Gasteiger partial charge is 0.494 e. The molecule has 0 aliphatic carbocycles. The second-order valence-corrected chi connectivity index (χ2v) is 5.08. The average Bonchev–Trinajstić information content (AvgIpc) is 2.27. The standard InChI is InChI=1S/C14H22N2O3/c1-5-19-14-8-12(7-13(9-14)16(17)18)15-11(4)6-10(2)3/h7-11,15H,5-6H2,1-4H3. The molecule has 0 bridgehead atoms. The number of nitro benzene ring substituents is 1. The Morgan fingerprint density at radius 3 is 2.53 bits per heavy atom. The number of nitrogens with one attached hydrogen (secondary N) is 1. The summed E-state index contributed by atoms with van der Waals surface area (Å²) in [5.74, 6) is 1.10. The minimum atomic E-state index is -0.402. The minimum absolute atomic E-state index is 0.0465. The maximum atomic E-state index is 10.9. The Morgan fingerprint density at radius 1 is 1.32 bits per heavy atom. The number of ether oxygens (including phenoxy) is 1. The van der Waals surface area contributed by atoms with Crippen molar-refractivity contribution in [2.24, 2.45) is 5.92 Å². The number of hydrogen-bond acceptors (Lipinski definition) is 4. The van der Waals surface area contributed by atoms with Gasteiger partial charge in [0.15, 0.2) is 0 Å². The van der Waals surface area contributed by atoms with E-state index < -0.39 is 4.92 Å². The first-order chi connectivity index (χ1) is 8.92. The van der Waals surface area contributed by atoms with Crippen LogP contribution in [0.2, 0.25) is 0 Å². The van der Waals surface area contributed by atoms with Gasteiger partial charge in [-0.05, 0) is 26.2 Å². The van der Waals surface area contributed by atoms with Crippen molar-refractivity contribution in [3.63, 3.8) is 0 Å². The van der Waals surface area contributed by atoms with Gasteiger partial charge < -0.3 is 10.1 Å². The highest BCUT2D eigenvalue weighted by atomic mass is 16.6. The van der Waals surface area contributed by atoms with E-state index in [1.807, 2.05) is 6.92 Å². The second kappa shape index (κ2) is 6.97. The van der Waals surface area contributed by atoms with Crippen molar-refractivity contribution in [3.05, 3.63) is 28.3 Å². The molecular weight excluding hydrogens is 244 g/mol. The first kappa shape index (κ1) is 15.3. The van der Waals surface area contributed by atoms with E-state index in [2.05, 4.69) is 26.1 Å². The average molecular weight is 266 g/mol. The molecule has 1 aromatic rings. The first-order valence-electron chi connectivity index (χ1n) is 6.61. The summed E-state index contributed by atoms with van der Waals surface area (Å²) in [7, 11) is 0. The highest BCUT2D eigenvalue weighted by Crippen LogP contribution is 2.27. The molecule has 106 valence electrons. The number of hydrogen-bond donors (Lipinski definition) is 1. The Bertz CT molecular complexity index is 433. The Kier molecular flexibility index (Phi) is 5.60. The van der Waals surface area contributed by atoms with Crippen LogP contribution in [-0.4, -0.2) is 17.6 Å². The maximum absolute atomic E-state index is 10.9. The normalized spacial score (nSPS) is 12.3. The van der Waals surface area contributed by atoms with Gasteiger partial charge in [-0.25, -0.2) is 0 Å². The van der Waals surface area contributed by atoms with Gasteiger partial charge in [-0.2, -0.15) is 0 Å². The van der Waals surface area contributed by atoms with Crippen LogP contribution in [0.4, 0.5) is 11.4 Å². The number of rotatable bonds is 7. The molecule has 0 radical (unpaired) electrons. The summed E-state index contributed by atoms with van der Waals surface area (Å²) in [5, 5.41) is 14.2. The zero-order chi connectivity index (χ0) is 14.4. The van der Waals surface area contributed by atoms with Crippen LogP contribution in [0, 0.1) is 16.0 Å². The molecule has 0 amide bonds.